The summed E-state index contributed by atoms with van der Waals surface area (Å²) in [5.41, 5.74) is 6.72. The number of nitrogens with one attached hydrogen (secondary N) is 1. The summed E-state index contributed by atoms with van der Waals surface area (Å²) in [6.07, 6.45) is 3.27. The van der Waals surface area contributed by atoms with Crippen molar-refractivity contribution in [1.82, 2.24) is 4.98 Å². The van der Waals surface area contributed by atoms with Gasteiger partial charge in [-0.1, -0.05) is 6.08 Å². The van der Waals surface area contributed by atoms with E-state index < -0.39 is 0 Å². The van der Waals surface area contributed by atoms with Gasteiger partial charge < -0.3 is 11.1 Å². The van der Waals surface area contributed by atoms with Crippen LogP contribution in [0.3, 0.4) is 0 Å². The zero-order valence-electron chi connectivity index (χ0n) is 8.24. The Hall–Kier alpha value is -1.84. The highest BCUT2D eigenvalue weighted by Crippen LogP contribution is 2.08. The highest BCUT2D eigenvalue weighted by molar-refractivity contribution is 6.03. The van der Waals surface area contributed by atoms with Gasteiger partial charge in [0.15, 0.2) is 0 Å². The molecule has 0 aliphatic heterocycles. The number of hydrogen-bond acceptors (Lipinski definition) is 3. The van der Waals surface area contributed by atoms with E-state index in [0.29, 0.717) is 17.1 Å². The summed E-state index contributed by atoms with van der Waals surface area (Å²) in [5.74, 6) is 0.310. The van der Waals surface area contributed by atoms with E-state index in [2.05, 4.69) is 10.3 Å². The molecule has 0 saturated carbocycles. The molecular formula is C10H13N3O. The van der Waals surface area contributed by atoms with Gasteiger partial charge in [0.1, 0.15) is 5.82 Å². The Bertz CT molecular complexity index is 354. The van der Waals surface area contributed by atoms with Crippen LogP contribution in [-0.2, 0) is 4.79 Å². The van der Waals surface area contributed by atoms with E-state index in [-0.39, 0.29) is 5.91 Å². The zero-order valence-corrected chi connectivity index (χ0v) is 8.24. The lowest BCUT2D eigenvalue weighted by atomic mass is 10.2. The number of nitrogens with two attached hydrogens (primary N) is 1. The Labute approximate surface area is 82.8 Å². The topological polar surface area (TPSA) is 68.0 Å². The van der Waals surface area contributed by atoms with Gasteiger partial charge in [0, 0.05) is 5.57 Å². The van der Waals surface area contributed by atoms with Gasteiger partial charge in [-0.25, -0.2) is 4.98 Å². The number of carbonyl (C=O) groups excluding carboxylic acids is 1. The zero-order chi connectivity index (χ0) is 10.6. The smallest absolute Gasteiger partial charge is 0.251 e. The van der Waals surface area contributed by atoms with Crippen molar-refractivity contribution < 1.29 is 4.79 Å². The Morgan fingerprint density at radius 2 is 2.29 bits per heavy atom. The number of allylic oxidation sites excluding steroid dienone is 1. The van der Waals surface area contributed by atoms with Crippen molar-refractivity contribution in [3.8, 4) is 0 Å². The van der Waals surface area contributed by atoms with E-state index in [4.69, 9.17) is 5.73 Å². The molecule has 0 spiro atoms. The van der Waals surface area contributed by atoms with Crippen molar-refractivity contribution in [3.05, 3.63) is 30.0 Å². The Morgan fingerprint density at radius 3 is 2.79 bits per heavy atom. The summed E-state index contributed by atoms with van der Waals surface area (Å²) in [6, 6.07) is 3.35. The normalized spacial score (nSPS) is 11.1. The minimum atomic E-state index is -0.126. The fourth-order valence-electron chi connectivity index (χ4n) is 0.840. The molecule has 0 aromatic carbocycles. The van der Waals surface area contributed by atoms with Crippen LogP contribution >= 0.6 is 0 Å². The molecule has 0 aliphatic carbocycles. The van der Waals surface area contributed by atoms with Crippen LogP contribution in [0.2, 0.25) is 0 Å². The molecule has 1 rings (SSSR count). The van der Waals surface area contributed by atoms with Gasteiger partial charge in [0.25, 0.3) is 5.91 Å². The number of amides is 1. The molecule has 0 unspecified atom stereocenters. The molecule has 4 nitrogen and oxygen atoms in total. The summed E-state index contributed by atoms with van der Waals surface area (Å²) in [4.78, 5) is 15.3. The predicted octanol–water partition coefficient (Wildman–Crippen LogP) is 1.57. The lowest BCUT2D eigenvalue weighted by Crippen LogP contribution is -2.12. The van der Waals surface area contributed by atoms with Crippen LogP contribution in [0, 0.1) is 0 Å². The molecule has 0 saturated heterocycles. The quantitative estimate of drug-likeness (QED) is 0.697. The van der Waals surface area contributed by atoms with Crippen molar-refractivity contribution in [3.63, 3.8) is 0 Å². The minimum absolute atomic E-state index is 0.126. The van der Waals surface area contributed by atoms with E-state index in [9.17, 15) is 4.79 Å². The van der Waals surface area contributed by atoms with Gasteiger partial charge in [-0.2, -0.15) is 0 Å². The maximum atomic E-state index is 11.4. The monoisotopic (exact) mass is 191 g/mol. The molecule has 0 bridgehead atoms. The van der Waals surface area contributed by atoms with Crippen molar-refractivity contribution in [2.24, 2.45) is 0 Å². The van der Waals surface area contributed by atoms with E-state index in [1.54, 1.807) is 25.1 Å². The van der Waals surface area contributed by atoms with Gasteiger partial charge in [0.2, 0.25) is 0 Å². The molecule has 1 heterocycles. The first-order chi connectivity index (χ1) is 6.63. The number of rotatable bonds is 2. The second-order valence-corrected chi connectivity index (χ2v) is 2.90. The van der Waals surface area contributed by atoms with Crippen molar-refractivity contribution in [2.75, 3.05) is 11.1 Å². The van der Waals surface area contributed by atoms with Crippen molar-refractivity contribution in [1.29, 1.82) is 0 Å². The molecule has 0 atom stereocenters. The molecule has 74 valence electrons. The van der Waals surface area contributed by atoms with Crippen LogP contribution < -0.4 is 11.1 Å². The molecule has 1 aromatic heterocycles. The first-order valence-corrected chi connectivity index (χ1v) is 4.29. The number of nitrogens with zero attached hydrogens (tertiary/aromatic N) is 1. The predicted molar refractivity (Wildman–Crippen MR) is 56.7 cm³/mol. The standard InChI is InChI=1S/C10H13N3O/c1-3-7(2)10(14)13-8-4-5-9(11)12-6-8/h3-6H,1-2H3,(H2,11,12)(H,13,14)/b7-3-. The first kappa shape index (κ1) is 10.2. The molecule has 4 heteroatoms. The van der Waals surface area contributed by atoms with Crippen LogP contribution in [-0.4, -0.2) is 10.9 Å². The lowest BCUT2D eigenvalue weighted by molar-refractivity contribution is -0.112. The molecule has 0 fully saturated rings. The fourth-order valence-corrected chi connectivity index (χ4v) is 0.840. The Kier molecular flexibility index (Phi) is 3.23. The number of hydrogen-bond donors (Lipinski definition) is 2. The number of anilines is 2. The summed E-state index contributed by atoms with van der Waals surface area (Å²) >= 11 is 0. The summed E-state index contributed by atoms with van der Waals surface area (Å²) in [5, 5.41) is 2.69. The number of carbonyl (C=O) groups is 1. The van der Waals surface area contributed by atoms with Crippen LogP contribution in [0.4, 0.5) is 11.5 Å². The van der Waals surface area contributed by atoms with Gasteiger partial charge in [-0.3, -0.25) is 4.79 Å². The van der Waals surface area contributed by atoms with Crippen LogP contribution in [0.1, 0.15) is 13.8 Å². The highest BCUT2D eigenvalue weighted by Gasteiger charge is 2.02. The molecular weight excluding hydrogens is 178 g/mol. The average molecular weight is 191 g/mol. The maximum Gasteiger partial charge on any atom is 0.251 e. The second-order valence-electron chi connectivity index (χ2n) is 2.90. The van der Waals surface area contributed by atoms with E-state index >= 15 is 0 Å². The fraction of sp³-hybridized carbons (Fsp3) is 0.200. The summed E-state index contributed by atoms with van der Waals surface area (Å²) < 4.78 is 0. The van der Waals surface area contributed by atoms with Gasteiger partial charge in [-0.15, -0.1) is 0 Å². The molecule has 1 aromatic rings. The summed E-state index contributed by atoms with van der Waals surface area (Å²) in [7, 11) is 0. The molecule has 0 radical (unpaired) electrons. The van der Waals surface area contributed by atoms with E-state index in [1.807, 2.05) is 6.92 Å². The van der Waals surface area contributed by atoms with Gasteiger partial charge >= 0.3 is 0 Å². The highest BCUT2D eigenvalue weighted by atomic mass is 16.1. The lowest BCUT2D eigenvalue weighted by Gasteiger charge is -2.04. The third-order valence-corrected chi connectivity index (χ3v) is 1.84. The number of pyridine rings is 1. The van der Waals surface area contributed by atoms with Crippen LogP contribution in [0.15, 0.2) is 30.0 Å². The van der Waals surface area contributed by atoms with Gasteiger partial charge in [0.05, 0.1) is 11.9 Å². The Morgan fingerprint density at radius 1 is 1.57 bits per heavy atom. The first-order valence-electron chi connectivity index (χ1n) is 4.29. The number of nitrogen functional groups attached to an aromatic ring is 1. The molecule has 1 amide bonds. The molecule has 0 aliphatic rings. The number of aromatic nitrogens is 1. The maximum absolute atomic E-state index is 11.4. The third kappa shape index (κ3) is 2.58. The molecule has 14 heavy (non-hydrogen) atoms. The SMILES string of the molecule is C/C=C(/C)C(=O)Nc1ccc(N)nc1. The van der Waals surface area contributed by atoms with E-state index in [0.717, 1.165) is 0 Å². The van der Waals surface area contributed by atoms with Crippen molar-refractivity contribution >= 4 is 17.4 Å². The van der Waals surface area contributed by atoms with Crippen LogP contribution in [0.25, 0.3) is 0 Å². The average Bonchev–Trinajstić information content (AvgIpc) is 2.20. The van der Waals surface area contributed by atoms with Crippen LogP contribution in [0.5, 0.6) is 0 Å². The van der Waals surface area contributed by atoms with Gasteiger partial charge in [-0.05, 0) is 26.0 Å². The Balaban J connectivity index is 2.70. The largest absolute Gasteiger partial charge is 0.384 e. The summed E-state index contributed by atoms with van der Waals surface area (Å²) in [6.45, 7) is 3.57. The molecule has 3 N–H and O–H groups in total. The van der Waals surface area contributed by atoms with Crippen molar-refractivity contribution in [2.45, 2.75) is 13.8 Å². The third-order valence-electron chi connectivity index (χ3n) is 1.84. The second kappa shape index (κ2) is 4.41. The minimum Gasteiger partial charge on any atom is -0.384 e. The van der Waals surface area contributed by atoms with E-state index in [1.165, 1.54) is 6.20 Å².